The lowest BCUT2D eigenvalue weighted by molar-refractivity contribution is -0.00913. The first-order chi connectivity index (χ1) is 9.42. The molecule has 0 aromatic heterocycles. The van der Waals surface area contributed by atoms with Crippen molar-refractivity contribution in [3.8, 4) is 0 Å². The summed E-state index contributed by atoms with van der Waals surface area (Å²) in [4.78, 5) is 2.54. The van der Waals surface area contributed by atoms with E-state index in [0.717, 1.165) is 39.1 Å². The summed E-state index contributed by atoms with van der Waals surface area (Å²) in [5, 5.41) is 8.78. The normalized spacial score (nSPS) is 20.6. The van der Waals surface area contributed by atoms with Crippen LogP contribution in [-0.4, -0.2) is 42.9 Å². The second-order valence-electron chi connectivity index (χ2n) is 5.18. The Labute approximate surface area is 116 Å². The largest absolute Gasteiger partial charge is 0.396 e. The zero-order valence-corrected chi connectivity index (χ0v) is 11.6. The first-order valence-corrected chi connectivity index (χ1v) is 7.39. The molecule has 0 saturated carbocycles. The van der Waals surface area contributed by atoms with Crippen molar-refractivity contribution in [2.75, 3.05) is 32.9 Å². The first kappa shape index (κ1) is 14.5. The van der Waals surface area contributed by atoms with E-state index in [1.165, 1.54) is 18.4 Å². The van der Waals surface area contributed by atoms with Crippen molar-refractivity contribution in [3.05, 3.63) is 35.9 Å². The molecule has 0 spiro atoms. The third kappa shape index (κ3) is 4.60. The summed E-state index contributed by atoms with van der Waals surface area (Å²) in [7, 11) is 0. The average molecular weight is 263 g/mol. The van der Waals surface area contributed by atoms with Crippen LogP contribution in [0.4, 0.5) is 0 Å². The maximum absolute atomic E-state index is 8.78. The van der Waals surface area contributed by atoms with Gasteiger partial charge in [0.25, 0.3) is 0 Å². The van der Waals surface area contributed by atoms with Crippen molar-refractivity contribution < 1.29 is 9.84 Å². The van der Waals surface area contributed by atoms with Gasteiger partial charge in [-0.05, 0) is 24.9 Å². The molecule has 1 fully saturated rings. The number of aliphatic hydroxyl groups excluding tert-OH is 1. The van der Waals surface area contributed by atoms with Crippen molar-refractivity contribution in [2.45, 2.75) is 31.7 Å². The minimum atomic E-state index is 0.324. The Hall–Kier alpha value is -0.900. The minimum absolute atomic E-state index is 0.324. The summed E-state index contributed by atoms with van der Waals surface area (Å²) in [6.45, 7) is 4.14. The van der Waals surface area contributed by atoms with Crippen LogP contribution in [0.2, 0.25) is 0 Å². The number of hydrogen-bond donors (Lipinski definition) is 1. The molecule has 1 saturated heterocycles. The Morgan fingerprint density at radius 2 is 1.89 bits per heavy atom. The summed E-state index contributed by atoms with van der Waals surface area (Å²) in [6.07, 6.45) is 4.49. The Morgan fingerprint density at radius 3 is 2.68 bits per heavy atom. The molecule has 3 nitrogen and oxygen atoms in total. The van der Waals surface area contributed by atoms with Gasteiger partial charge in [0.2, 0.25) is 0 Å². The fourth-order valence-electron chi connectivity index (χ4n) is 2.67. The Bertz CT molecular complexity index is 342. The van der Waals surface area contributed by atoms with Gasteiger partial charge in [-0.1, -0.05) is 43.2 Å². The lowest BCUT2D eigenvalue weighted by Gasteiger charge is -2.36. The molecule has 106 valence electrons. The molecular formula is C16H25NO2. The number of rotatable bonds is 7. The van der Waals surface area contributed by atoms with E-state index < -0.39 is 0 Å². The van der Waals surface area contributed by atoms with Crippen molar-refractivity contribution in [1.29, 1.82) is 0 Å². The molecule has 0 radical (unpaired) electrons. The number of nitrogens with zero attached hydrogens (tertiary/aromatic N) is 1. The van der Waals surface area contributed by atoms with E-state index in [0.29, 0.717) is 12.6 Å². The van der Waals surface area contributed by atoms with Crippen molar-refractivity contribution >= 4 is 0 Å². The predicted molar refractivity (Wildman–Crippen MR) is 77.1 cm³/mol. The topological polar surface area (TPSA) is 32.7 Å². The van der Waals surface area contributed by atoms with Gasteiger partial charge in [0.15, 0.2) is 0 Å². The van der Waals surface area contributed by atoms with Gasteiger partial charge in [0, 0.05) is 13.2 Å². The van der Waals surface area contributed by atoms with Gasteiger partial charge < -0.3 is 9.84 Å². The van der Waals surface area contributed by atoms with E-state index in [-0.39, 0.29) is 0 Å². The molecule has 1 aromatic carbocycles. The maximum Gasteiger partial charge on any atom is 0.0664 e. The predicted octanol–water partition coefficient (Wildman–Crippen LogP) is 2.61. The summed E-state index contributed by atoms with van der Waals surface area (Å²) in [5.74, 6) is 0. The van der Waals surface area contributed by atoms with E-state index in [2.05, 4.69) is 35.2 Å². The molecule has 19 heavy (non-hydrogen) atoms. The van der Waals surface area contributed by atoms with Gasteiger partial charge in [-0.2, -0.15) is 0 Å². The van der Waals surface area contributed by atoms with Crippen LogP contribution in [0.15, 0.2) is 30.3 Å². The summed E-state index contributed by atoms with van der Waals surface area (Å²) in [5.41, 5.74) is 1.36. The summed E-state index contributed by atoms with van der Waals surface area (Å²) < 4.78 is 5.64. The molecule has 0 aliphatic carbocycles. The van der Waals surface area contributed by atoms with Crippen LogP contribution < -0.4 is 0 Å². The van der Waals surface area contributed by atoms with Crippen LogP contribution in [0.25, 0.3) is 0 Å². The number of aliphatic hydroxyl groups is 1. The first-order valence-electron chi connectivity index (χ1n) is 7.39. The van der Waals surface area contributed by atoms with Crippen LogP contribution in [0.3, 0.4) is 0 Å². The molecule has 1 heterocycles. The molecule has 1 aromatic rings. The number of hydrogen-bond acceptors (Lipinski definition) is 3. The number of benzene rings is 1. The standard InChI is InChI=1S/C16H25NO2/c18-12-7-2-1-6-10-17-11-13-19-14-16(17)15-8-4-3-5-9-15/h3-5,8-9,16,18H,1-2,6-7,10-14H2/t16-/m0/s1. The minimum Gasteiger partial charge on any atom is -0.396 e. The zero-order valence-electron chi connectivity index (χ0n) is 11.6. The van der Waals surface area contributed by atoms with E-state index >= 15 is 0 Å². The average Bonchev–Trinajstić information content (AvgIpc) is 2.48. The monoisotopic (exact) mass is 263 g/mol. The van der Waals surface area contributed by atoms with Crippen LogP contribution >= 0.6 is 0 Å². The third-order valence-electron chi connectivity index (χ3n) is 3.78. The molecule has 1 atom stereocenters. The van der Waals surface area contributed by atoms with Crippen molar-refractivity contribution in [1.82, 2.24) is 4.90 Å². The Balaban J connectivity index is 1.83. The highest BCUT2D eigenvalue weighted by molar-refractivity contribution is 5.19. The molecule has 3 heteroatoms. The second kappa shape index (κ2) is 8.31. The molecular weight excluding hydrogens is 238 g/mol. The summed E-state index contributed by atoms with van der Waals surface area (Å²) >= 11 is 0. The fourth-order valence-corrected chi connectivity index (χ4v) is 2.67. The lowest BCUT2D eigenvalue weighted by atomic mass is 10.0. The van der Waals surface area contributed by atoms with Crippen molar-refractivity contribution in [3.63, 3.8) is 0 Å². The molecule has 1 aliphatic rings. The number of unbranched alkanes of at least 4 members (excludes halogenated alkanes) is 3. The molecule has 1 N–H and O–H groups in total. The third-order valence-corrected chi connectivity index (χ3v) is 3.78. The highest BCUT2D eigenvalue weighted by atomic mass is 16.5. The Morgan fingerprint density at radius 1 is 1.11 bits per heavy atom. The fraction of sp³-hybridized carbons (Fsp3) is 0.625. The Kier molecular flexibility index (Phi) is 6.34. The van der Waals surface area contributed by atoms with Crippen molar-refractivity contribution in [2.24, 2.45) is 0 Å². The molecule has 1 aliphatic heterocycles. The SMILES string of the molecule is OCCCCCCN1CCOC[C@H]1c1ccccc1. The van der Waals surface area contributed by atoms with Gasteiger partial charge in [-0.15, -0.1) is 0 Å². The van der Waals surface area contributed by atoms with E-state index in [4.69, 9.17) is 9.84 Å². The van der Waals surface area contributed by atoms with E-state index in [9.17, 15) is 0 Å². The molecule has 0 bridgehead atoms. The van der Waals surface area contributed by atoms with Gasteiger partial charge in [-0.25, -0.2) is 0 Å². The second-order valence-corrected chi connectivity index (χ2v) is 5.18. The number of ether oxygens (including phenoxy) is 1. The van der Waals surface area contributed by atoms with Crippen LogP contribution in [-0.2, 0) is 4.74 Å². The van der Waals surface area contributed by atoms with E-state index in [1.54, 1.807) is 0 Å². The van der Waals surface area contributed by atoms with E-state index in [1.807, 2.05) is 0 Å². The zero-order chi connectivity index (χ0) is 13.3. The van der Waals surface area contributed by atoms with Crippen LogP contribution in [0, 0.1) is 0 Å². The molecule has 0 unspecified atom stereocenters. The maximum atomic E-state index is 8.78. The quantitative estimate of drug-likeness (QED) is 0.768. The molecule has 0 amide bonds. The highest BCUT2D eigenvalue weighted by Crippen LogP contribution is 2.24. The van der Waals surface area contributed by atoms with Crippen LogP contribution in [0.5, 0.6) is 0 Å². The lowest BCUT2D eigenvalue weighted by Crippen LogP contribution is -2.40. The molecule has 2 rings (SSSR count). The smallest absolute Gasteiger partial charge is 0.0664 e. The highest BCUT2D eigenvalue weighted by Gasteiger charge is 2.23. The van der Waals surface area contributed by atoms with Gasteiger partial charge >= 0.3 is 0 Å². The summed E-state index contributed by atoms with van der Waals surface area (Å²) in [6, 6.07) is 11.1. The van der Waals surface area contributed by atoms with Gasteiger partial charge in [0.05, 0.1) is 19.3 Å². The number of morpholine rings is 1. The van der Waals surface area contributed by atoms with Crippen LogP contribution in [0.1, 0.15) is 37.3 Å². The van der Waals surface area contributed by atoms with Gasteiger partial charge in [0.1, 0.15) is 0 Å². The van der Waals surface area contributed by atoms with Gasteiger partial charge in [-0.3, -0.25) is 4.90 Å².